The Morgan fingerprint density at radius 1 is 0.808 bits per heavy atom. The standard InChI is InChI=1S/C20H35NO5/c1-24-17-9-13-12(18(23)20(17)26-3)6-7-21-10-14-11(8-15(13)21)4-5-16(22)19(14)25-2/h11-20,22-23H,4-10H2,1-3H3. The van der Waals surface area contributed by atoms with Crippen molar-refractivity contribution in [3.8, 4) is 0 Å². The van der Waals surface area contributed by atoms with Gasteiger partial charge in [-0.05, 0) is 56.4 Å². The van der Waals surface area contributed by atoms with E-state index in [1.807, 2.05) is 0 Å². The van der Waals surface area contributed by atoms with Gasteiger partial charge < -0.3 is 24.4 Å². The van der Waals surface area contributed by atoms with Gasteiger partial charge in [-0.1, -0.05) is 0 Å². The fraction of sp³-hybridized carbons (Fsp3) is 1.00. The minimum Gasteiger partial charge on any atom is -0.390 e. The van der Waals surface area contributed by atoms with Crippen LogP contribution in [0.3, 0.4) is 0 Å². The average Bonchev–Trinajstić information content (AvgIpc) is 2.66. The maximum absolute atomic E-state index is 10.9. The molecule has 0 spiro atoms. The first-order valence-corrected chi connectivity index (χ1v) is 10.3. The van der Waals surface area contributed by atoms with E-state index in [1.165, 1.54) is 0 Å². The van der Waals surface area contributed by atoms with Gasteiger partial charge in [-0.3, -0.25) is 4.90 Å². The lowest BCUT2D eigenvalue weighted by Gasteiger charge is -2.58. The molecule has 10 unspecified atom stereocenters. The van der Waals surface area contributed by atoms with Crippen LogP contribution in [0.15, 0.2) is 0 Å². The highest BCUT2D eigenvalue weighted by Crippen LogP contribution is 2.49. The van der Waals surface area contributed by atoms with Crippen molar-refractivity contribution in [1.29, 1.82) is 0 Å². The number of fused-ring (bicyclic) bond motifs is 4. The highest BCUT2D eigenvalue weighted by atomic mass is 16.5. The van der Waals surface area contributed by atoms with E-state index in [0.29, 0.717) is 29.7 Å². The molecular formula is C20H35NO5. The van der Waals surface area contributed by atoms with Crippen LogP contribution in [0.1, 0.15) is 32.1 Å². The number of rotatable bonds is 3. The Morgan fingerprint density at radius 3 is 2.27 bits per heavy atom. The molecule has 2 aliphatic heterocycles. The Kier molecular flexibility index (Phi) is 5.61. The molecule has 10 atom stereocenters. The maximum atomic E-state index is 10.9. The van der Waals surface area contributed by atoms with E-state index in [-0.39, 0.29) is 24.4 Å². The summed E-state index contributed by atoms with van der Waals surface area (Å²) in [5.41, 5.74) is 0. The Hall–Kier alpha value is -0.240. The first-order chi connectivity index (χ1) is 12.6. The van der Waals surface area contributed by atoms with E-state index < -0.39 is 6.10 Å². The lowest BCUT2D eigenvalue weighted by atomic mass is 9.61. The smallest absolute Gasteiger partial charge is 0.109 e. The van der Waals surface area contributed by atoms with Crippen molar-refractivity contribution in [2.24, 2.45) is 23.7 Å². The van der Waals surface area contributed by atoms with Crippen LogP contribution in [0, 0.1) is 23.7 Å². The molecule has 0 radical (unpaired) electrons. The molecule has 4 fully saturated rings. The fourth-order valence-corrected chi connectivity index (χ4v) is 6.72. The van der Waals surface area contributed by atoms with E-state index in [1.54, 1.807) is 21.3 Å². The quantitative estimate of drug-likeness (QED) is 0.770. The van der Waals surface area contributed by atoms with Gasteiger partial charge in [0.25, 0.3) is 0 Å². The molecule has 26 heavy (non-hydrogen) atoms. The van der Waals surface area contributed by atoms with Crippen molar-refractivity contribution in [3.63, 3.8) is 0 Å². The molecule has 2 saturated heterocycles. The Labute approximate surface area is 156 Å². The summed E-state index contributed by atoms with van der Waals surface area (Å²) < 4.78 is 17.0. The van der Waals surface area contributed by atoms with Crippen molar-refractivity contribution in [2.75, 3.05) is 34.4 Å². The number of hydrogen-bond donors (Lipinski definition) is 2. The summed E-state index contributed by atoms with van der Waals surface area (Å²) >= 11 is 0. The van der Waals surface area contributed by atoms with Crippen LogP contribution in [-0.2, 0) is 14.2 Å². The molecule has 2 heterocycles. The number of hydrogen-bond acceptors (Lipinski definition) is 6. The van der Waals surface area contributed by atoms with Crippen molar-refractivity contribution in [3.05, 3.63) is 0 Å². The maximum Gasteiger partial charge on any atom is 0.109 e. The number of ether oxygens (including phenoxy) is 3. The predicted octanol–water partition coefficient (Wildman–Crippen LogP) is 0.894. The third-order valence-electron chi connectivity index (χ3n) is 7.99. The largest absolute Gasteiger partial charge is 0.390 e. The molecule has 6 heteroatoms. The summed E-state index contributed by atoms with van der Waals surface area (Å²) in [4.78, 5) is 2.61. The van der Waals surface area contributed by atoms with Crippen molar-refractivity contribution < 1.29 is 24.4 Å². The summed E-state index contributed by atoms with van der Waals surface area (Å²) in [5.74, 6) is 1.80. The number of aliphatic hydroxyl groups is 2. The molecular weight excluding hydrogens is 334 g/mol. The summed E-state index contributed by atoms with van der Waals surface area (Å²) in [5, 5.41) is 21.3. The zero-order valence-corrected chi connectivity index (χ0v) is 16.3. The second kappa shape index (κ2) is 7.64. The van der Waals surface area contributed by atoms with Crippen molar-refractivity contribution in [1.82, 2.24) is 4.90 Å². The number of methoxy groups -OCH3 is 3. The van der Waals surface area contributed by atoms with E-state index in [9.17, 15) is 10.2 Å². The number of piperidine rings is 2. The van der Waals surface area contributed by atoms with Crippen LogP contribution in [0.25, 0.3) is 0 Å². The van der Waals surface area contributed by atoms with Crippen LogP contribution in [0.2, 0.25) is 0 Å². The molecule has 0 aromatic rings. The summed E-state index contributed by atoms with van der Waals surface area (Å²) in [7, 11) is 5.14. The van der Waals surface area contributed by atoms with Crippen LogP contribution in [0.5, 0.6) is 0 Å². The molecule has 0 amide bonds. The number of nitrogens with zero attached hydrogens (tertiary/aromatic N) is 1. The van der Waals surface area contributed by atoms with Crippen molar-refractivity contribution in [2.45, 2.75) is 68.7 Å². The zero-order chi connectivity index (χ0) is 18.4. The Morgan fingerprint density at radius 2 is 1.58 bits per heavy atom. The normalized spacial score (nSPS) is 52.0. The van der Waals surface area contributed by atoms with E-state index in [0.717, 1.165) is 45.2 Å². The first kappa shape index (κ1) is 19.1. The van der Waals surface area contributed by atoms with Crippen LogP contribution in [-0.4, -0.2) is 86.1 Å². The van der Waals surface area contributed by atoms with E-state index >= 15 is 0 Å². The first-order valence-electron chi connectivity index (χ1n) is 10.3. The molecule has 150 valence electrons. The third kappa shape index (κ3) is 3.03. The molecule has 4 aliphatic rings. The molecule has 0 bridgehead atoms. The van der Waals surface area contributed by atoms with E-state index in [4.69, 9.17) is 14.2 Å². The van der Waals surface area contributed by atoms with Crippen molar-refractivity contribution >= 4 is 0 Å². The zero-order valence-electron chi connectivity index (χ0n) is 16.3. The lowest BCUT2D eigenvalue weighted by Crippen LogP contribution is -2.65. The van der Waals surface area contributed by atoms with Gasteiger partial charge in [0.1, 0.15) is 6.10 Å². The van der Waals surface area contributed by atoms with Crippen LogP contribution >= 0.6 is 0 Å². The summed E-state index contributed by atoms with van der Waals surface area (Å²) in [6, 6.07) is 0.507. The number of aliphatic hydroxyl groups excluding tert-OH is 2. The van der Waals surface area contributed by atoms with Gasteiger partial charge in [0.15, 0.2) is 0 Å². The molecule has 0 aromatic heterocycles. The minimum absolute atomic E-state index is 0.0334. The van der Waals surface area contributed by atoms with Gasteiger partial charge in [0.2, 0.25) is 0 Å². The van der Waals surface area contributed by atoms with Gasteiger partial charge in [0.05, 0.1) is 24.4 Å². The summed E-state index contributed by atoms with van der Waals surface area (Å²) in [6.45, 7) is 2.03. The molecule has 4 rings (SSSR count). The Bertz CT molecular complexity index is 491. The lowest BCUT2D eigenvalue weighted by molar-refractivity contribution is -0.190. The van der Waals surface area contributed by atoms with Gasteiger partial charge in [-0.25, -0.2) is 0 Å². The molecule has 6 nitrogen and oxygen atoms in total. The second-order valence-electron chi connectivity index (χ2n) is 8.88. The van der Waals surface area contributed by atoms with Crippen LogP contribution < -0.4 is 0 Å². The third-order valence-corrected chi connectivity index (χ3v) is 7.99. The topological polar surface area (TPSA) is 71.4 Å². The average molecular weight is 370 g/mol. The summed E-state index contributed by atoms with van der Waals surface area (Å²) in [6.07, 6.45) is 4.01. The van der Waals surface area contributed by atoms with Gasteiger partial charge in [-0.15, -0.1) is 0 Å². The second-order valence-corrected chi connectivity index (χ2v) is 8.88. The van der Waals surface area contributed by atoms with Gasteiger partial charge in [-0.2, -0.15) is 0 Å². The Balaban J connectivity index is 1.53. The molecule has 2 saturated carbocycles. The van der Waals surface area contributed by atoms with Crippen LogP contribution in [0.4, 0.5) is 0 Å². The molecule has 0 aromatic carbocycles. The fourth-order valence-electron chi connectivity index (χ4n) is 6.72. The van der Waals surface area contributed by atoms with E-state index in [2.05, 4.69) is 4.90 Å². The monoisotopic (exact) mass is 369 g/mol. The van der Waals surface area contributed by atoms with Gasteiger partial charge >= 0.3 is 0 Å². The predicted molar refractivity (Wildman–Crippen MR) is 96.8 cm³/mol. The molecule has 2 N–H and O–H groups in total. The SMILES string of the molecule is COC1CC2C(CCN3CC4C(CCC(O)C4OC)CC23)C(O)C1OC. The highest BCUT2D eigenvalue weighted by molar-refractivity contribution is 5.05. The molecule has 2 aliphatic carbocycles. The minimum atomic E-state index is -0.441. The highest BCUT2D eigenvalue weighted by Gasteiger charge is 2.54. The van der Waals surface area contributed by atoms with Gasteiger partial charge in [0, 0.05) is 39.8 Å².